The Balaban J connectivity index is 0.00000400. The molecule has 38 heavy (non-hydrogen) atoms. The number of pyridine rings is 1. The van der Waals surface area contributed by atoms with Crippen LogP contribution in [-0.2, 0) is 10.0 Å². The second-order valence-corrected chi connectivity index (χ2v) is 10.8. The fraction of sp³-hybridized carbons (Fsp3) is 0.375. The molecule has 1 aromatic carbocycles. The SMILES string of the molecule is CN(CCN1CCCCC1)c1ccc([N+](=O)[O-])cc1S(=O)(=O)N(C)N=Cc1cnn2ccc(C#N)cc12.Cl. The second-order valence-electron chi connectivity index (χ2n) is 8.87. The van der Waals surface area contributed by atoms with E-state index in [1.807, 2.05) is 0 Å². The maximum atomic E-state index is 13.6. The van der Waals surface area contributed by atoms with E-state index in [4.69, 9.17) is 5.26 Å². The van der Waals surface area contributed by atoms with Gasteiger partial charge in [0.25, 0.3) is 15.7 Å². The predicted octanol–water partition coefficient (Wildman–Crippen LogP) is 3.11. The maximum absolute atomic E-state index is 13.6. The minimum Gasteiger partial charge on any atom is -0.372 e. The van der Waals surface area contributed by atoms with Crippen LogP contribution in [0.1, 0.15) is 30.4 Å². The van der Waals surface area contributed by atoms with Crippen LogP contribution in [0.4, 0.5) is 11.4 Å². The average Bonchev–Trinajstić information content (AvgIpc) is 3.32. The number of likely N-dealkylation sites (tertiary alicyclic amines) is 1. The molecule has 1 aliphatic heterocycles. The molecular formula is C24H29ClN8O4S. The van der Waals surface area contributed by atoms with Crippen LogP contribution in [0.5, 0.6) is 0 Å². The Labute approximate surface area is 227 Å². The number of non-ortho nitro benzene ring substituents is 1. The van der Waals surface area contributed by atoms with Gasteiger partial charge in [-0.05, 0) is 44.1 Å². The first-order valence-electron chi connectivity index (χ1n) is 11.8. The summed E-state index contributed by atoms with van der Waals surface area (Å²) in [6.07, 6.45) is 7.98. The molecule has 0 radical (unpaired) electrons. The van der Waals surface area contributed by atoms with E-state index in [-0.39, 0.29) is 23.0 Å². The molecule has 12 nitrogen and oxygen atoms in total. The Bertz CT molecular complexity index is 1480. The molecule has 1 saturated heterocycles. The van der Waals surface area contributed by atoms with E-state index in [0.717, 1.165) is 43.0 Å². The van der Waals surface area contributed by atoms with Crippen molar-refractivity contribution >= 4 is 45.5 Å². The van der Waals surface area contributed by atoms with E-state index in [9.17, 15) is 18.5 Å². The van der Waals surface area contributed by atoms with Gasteiger partial charge in [-0.2, -0.15) is 28.3 Å². The first kappa shape index (κ1) is 28.8. The number of nitriles is 1. The van der Waals surface area contributed by atoms with E-state index < -0.39 is 14.9 Å². The van der Waals surface area contributed by atoms with Crippen LogP contribution in [-0.4, -0.2) is 78.8 Å². The third kappa shape index (κ3) is 6.21. The number of piperidine rings is 1. The summed E-state index contributed by atoms with van der Waals surface area (Å²) < 4.78 is 29.4. The molecule has 1 aliphatic rings. The van der Waals surface area contributed by atoms with Crippen molar-refractivity contribution in [1.29, 1.82) is 5.26 Å². The summed E-state index contributed by atoms with van der Waals surface area (Å²) in [5, 5.41) is 28.9. The summed E-state index contributed by atoms with van der Waals surface area (Å²) in [7, 11) is -1.19. The quantitative estimate of drug-likeness (QED) is 0.221. The van der Waals surface area contributed by atoms with Gasteiger partial charge in [0.05, 0.1) is 40.2 Å². The van der Waals surface area contributed by atoms with Gasteiger partial charge in [0.1, 0.15) is 4.90 Å². The van der Waals surface area contributed by atoms with E-state index in [0.29, 0.717) is 28.9 Å². The first-order valence-corrected chi connectivity index (χ1v) is 13.3. The summed E-state index contributed by atoms with van der Waals surface area (Å²) in [6.45, 7) is 3.35. The molecule has 3 aromatic rings. The number of fused-ring (bicyclic) bond motifs is 1. The number of hydrazone groups is 1. The number of benzene rings is 1. The average molecular weight is 561 g/mol. The van der Waals surface area contributed by atoms with Gasteiger partial charge in [0, 0.05) is 51.1 Å². The summed E-state index contributed by atoms with van der Waals surface area (Å²) in [6, 6.07) is 9.14. The van der Waals surface area contributed by atoms with Crippen LogP contribution in [0.25, 0.3) is 5.52 Å². The lowest BCUT2D eigenvalue weighted by atomic mass is 10.1. The third-order valence-corrected chi connectivity index (χ3v) is 8.10. The van der Waals surface area contributed by atoms with Gasteiger partial charge in [-0.25, -0.2) is 4.52 Å². The highest BCUT2D eigenvalue weighted by Gasteiger charge is 2.28. The van der Waals surface area contributed by atoms with Crippen LogP contribution >= 0.6 is 12.4 Å². The molecule has 0 aliphatic carbocycles. The lowest BCUT2D eigenvalue weighted by Gasteiger charge is -2.30. The standard InChI is InChI=1S/C24H28N8O4S.ClH/c1-28(12-13-30-9-4-3-5-10-30)22-7-6-21(32(33)34)15-24(22)37(35,36)29(2)26-17-20-18-27-31-11-8-19(16-25)14-23(20)31;/h6-8,11,14-15,17-18H,3-5,9-10,12-13H2,1-2H3;1H. The number of nitro groups is 1. The highest BCUT2D eigenvalue weighted by molar-refractivity contribution is 7.89. The summed E-state index contributed by atoms with van der Waals surface area (Å²) >= 11 is 0. The van der Waals surface area contributed by atoms with Crippen LogP contribution in [0.15, 0.2) is 52.7 Å². The number of anilines is 1. The largest absolute Gasteiger partial charge is 0.372 e. The minimum absolute atomic E-state index is 0. The molecule has 0 saturated carbocycles. The molecule has 0 bridgehead atoms. The zero-order chi connectivity index (χ0) is 26.6. The number of sulfonamides is 1. The van der Waals surface area contributed by atoms with Gasteiger partial charge in [0.2, 0.25) is 0 Å². The van der Waals surface area contributed by atoms with Crippen molar-refractivity contribution in [3.05, 3.63) is 64.0 Å². The lowest BCUT2D eigenvalue weighted by Crippen LogP contribution is -2.37. The number of halogens is 1. The summed E-state index contributed by atoms with van der Waals surface area (Å²) in [5.74, 6) is 0. The molecule has 0 atom stereocenters. The first-order chi connectivity index (χ1) is 17.7. The molecule has 14 heteroatoms. The molecule has 2 aromatic heterocycles. The number of nitro benzene ring substituents is 1. The highest BCUT2D eigenvalue weighted by atomic mass is 35.5. The van der Waals surface area contributed by atoms with Crippen molar-refractivity contribution < 1.29 is 13.3 Å². The molecule has 1 fully saturated rings. The Morgan fingerprint density at radius 3 is 2.63 bits per heavy atom. The molecular weight excluding hydrogens is 532 g/mol. The lowest BCUT2D eigenvalue weighted by molar-refractivity contribution is -0.385. The van der Waals surface area contributed by atoms with Crippen molar-refractivity contribution in [2.75, 3.05) is 45.2 Å². The minimum atomic E-state index is -4.24. The normalized spacial score (nSPS) is 14.2. The van der Waals surface area contributed by atoms with Gasteiger partial charge >= 0.3 is 0 Å². The van der Waals surface area contributed by atoms with Crippen molar-refractivity contribution in [3.63, 3.8) is 0 Å². The van der Waals surface area contributed by atoms with E-state index in [1.54, 1.807) is 34.8 Å². The number of rotatable bonds is 9. The zero-order valence-corrected chi connectivity index (χ0v) is 22.7. The van der Waals surface area contributed by atoms with Gasteiger partial charge < -0.3 is 9.80 Å². The molecule has 202 valence electrons. The van der Waals surface area contributed by atoms with E-state index in [2.05, 4.69) is 21.2 Å². The van der Waals surface area contributed by atoms with Crippen LogP contribution in [0, 0.1) is 21.4 Å². The number of hydrogen-bond acceptors (Lipinski definition) is 9. The Kier molecular flexibility index (Phi) is 9.26. The Morgan fingerprint density at radius 1 is 1.21 bits per heavy atom. The van der Waals surface area contributed by atoms with Crippen molar-refractivity contribution in [2.45, 2.75) is 24.2 Å². The van der Waals surface area contributed by atoms with Crippen LogP contribution < -0.4 is 4.90 Å². The predicted molar refractivity (Wildman–Crippen MR) is 146 cm³/mol. The van der Waals surface area contributed by atoms with E-state index in [1.165, 1.54) is 38.0 Å². The number of likely N-dealkylation sites (N-methyl/N-ethyl adjacent to an activating group) is 1. The molecule has 0 spiro atoms. The van der Waals surface area contributed by atoms with Crippen molar-refractivity contribution in [3.8, 4) is 6.07 Å². The van der Waals surface area contributed by atoms with E-state index >= 15 is 0 Å². The van der Waals surface area contributed by atoms with Gasteiger partial charge in [0.15, 0.2) is 0 Å². The topological polar surface area (TPSA) is 140 Å². The summed E-state index contributed by atoms with van der Waals surface area (Å²) in [5.41, 5.74) is 1.56. The Morgan fingerprint density at radius 2 is 1.95 bits per heavy atom. The fourth-order valence-corrected chi connectivity index (χ4v) is 5.46. The number of hydrogen-bond donors (Lipinski definition) is 0. The molecule has 4 rings (SSSR count). The number of nitrogens with zero attached hydrogens (tertiary/aromatic N) is 8. The highest BCUT2D eigenvalue weighted by Crippen LogP contribution is 2.31. The maximum Gasteiger partial charge on any atom is 0.281 e. The van der Waals surface area contributed by atoms with Crippen molar-refractivity contribution in [1.82, 2.24) is 18.9 Å². The molecule has 0 N–H and O–H groups in total. The molecule has 3 heterocycles. The smallest absolute Gasteiger partial charge is 0.281 e. The monoisotopic (exact) mass is 560 g/mol. The third-order valence-electron chi connectivity index (χ3n) is 6.43. The van der Waals surface area contributed by atoms with Gasteiger partial charge in [-0.15, -0.1) is 12.4 Å². The molecule has 0 unspecified atom stereocenters. The zero-order valence-electron chi connectivity index (χ0n) is 21.1. The van der Waals surface area contributed by atoms with Crippen LogP contribution in [0.3, 0.4) is 0 Å². The van der Waals surface area contributed by atoms with Crippen molar-refractivity contribution in [2.24, 2.45) is 5.10 Å². The number of aromatic nitrogens is 2. The van der Waals surface area contributed by atoms with Gasteiger partial charge in [-0.3, -0.25) is 10.1 Å². The van der Waals surface area contributed by atoms with Crippen LogP contribution in [0.2, 0.25) is 0 Å². The van der Waals surface area contributed by atoms with Gasteiger partial charge in [-0.1, -0.05) is 6.42 Å². The fourth-order valence-electron chi connectivity index (χ4n) is 4.25. The Hall–Kier alpha value is -3.73. The second kappa shape index (κ2) is 12.2. The molecule has 0 amide bonds. The summed E-state index contributed by atoms with van der Waals surface area (Å²) in [4.78, 5) is 14.8.